The number of piperidine rings is 1. The fourth-order valence-corrected chi connectivity index (χ4v) is 2.78. The number of carbonyl (C=O) groups is 2. The lowest BCUT2D eigenvalue weighted by molar-refractivity contribution is -0.139. The topological polar surface area (TPSA) is 116 Å². The molecule has 0 radical (unpaired) electrons. The van der Waals surface area contributed by atoms with Crippen LogP contribution < -0.4 is 0 Å². The van der Waals surface area contributed by atoms with Gasteiger partial charge in [0.1, 0.15) is 6.04 Å². The second kappa shape index (κ2) is 8.21. The molecule has 0 spiro atoms. The molecule has 9 heteroatoms. The van der Waals surface area contributed by atoms with E-state index in [0.717, 1.165) is 0 Å². The molecule has 0 aromatic heterocycles. The number of nitrogens with zero attached hydrogens (tertiary/aromatic N) is 4. The van der Waals surface area contributed by atoms with Crippen molar-refractivity contribution in [2.45, 2.75) is 57.6 Å². The van der Waals surface area contributed by atoms with Gasteiger partial charge in [-0.1, -0.05) is 24.8 Å². The fourth-order valence-electron chi connectivity index (χ4n) is 2.33. The van der Waals surface area contributed by atoms with Gasteiger partial charge in [0.05, 0.1) is 13.8 Å². The summed E-state index contributed by atoms with van der Waals surface area (Å²) in [4.78, 5) is 27.4. The molecule has 0 aromatic rings. The summed E-state index contributed by atoms with van der Waals surface area (Å²) in [6, 6.07) is -1.03. The molecule has 0 unspecified atom stereocenters. The van der Waals surface area contributed by atoms with E-state index in [9.17, 15) is 9.59 Å². The molecule has 0 aliphatic carbocycles. The third-order valence-electron chi connectivity index (χ3n) is 4.40. The average molecular weight is 342 g/mol. The highest BCUT2D eigenvalue weighted by Crippen LogP contribution is 2.24. The lowest BCUT2D eigenvalue weighted by atomic mass is 9.90. The number of amides is 1. The third kappa shape index (κ3) is 6.11. The minimum Gasteiger partial charge on any atom is -0.481 e. The van der Waals surface area contributed by atoms with Crippen LogP contribution in [0.25, 0.3) is 10.4 Å². The lowest BCUT2D eigenvalue weighted by Crippen LogP contribution is -2.45. The van der Waals surface area contributed by atoms with Crippen molar-refractivity contribution in [3.63, 3.8) is 0 Å². The molecular weight excluding hydrogens is 316 g/mol. The maximum Gasteiger partial charge on any atom is 0.409 e. The standard InChI is InChI=1S/C14H26N4O4Si/c1-10(23(2,3)4)22-14(21)18-7-5-11(6-8-18)9-12(13(19)20)16-17-15/h10-12H,5-9H2,1-4H3,(H,19,20)/t10-,12-/m0/s1. The molecule has 8 nitrogen and oxygen atoms in total. The number of ether oxygens (including phenoxy) is 1. The van der Waals surface area contributed by atoms with Crippen LogP contribution in [0.3, 0.4) is 0 Å². The molecule has 1 aliphatic heterocycles. The number of carboxylic acid groups (broad SMARTS) is 1. The minimum absolute atomic E-state index is 0.0471. The summed E-state index contributed by atoms with van der Waals surface area (Å²) in [5.41, 5.74) is 8.36. The van der Waals surface area contributed by atoms with Crippen molar-refractivity contribution in [3.8, 4) is 0 Å². The van der Waals surface area contributed by atoms with Gasteiger partial charge in [-0.3, -0.25) is 4.79 Å². The number of carboxylic acids is 1. The second-order valence-electron chi connectivity index (χ2n) is 7.12. The molecule has 1 aliphatic rings. The third-order valence-corrected chi connectivity index (χ3v) is 6.96. The molecule has 0 aromatic carbocycles. The van der Waals surface area contributed by atoms with Crippen molar-refractivity contribution < 1.29 is 19.4 Å². The van der Waals surface area contributed by atoms with Crippen LogP contribution in [0.2, 0.25) is 19.6 Å². The molecule has 1 amide bonds. The summed E-state index contributed by atoms with van der Waals surface area (Å²) in [5.74, 6) is -0.964. The summed E-state index contributed by atoms with van der Waals surface area (Å²) < 4.78 is 5.54. The highest BCUT2D eigenvalue weighted by Gasteiger charge is 2.31. The molecule has 1 heterocycles. The van der Waals surface area contributed by atoms with E-state index < -0.39 is 20.1 Å². The van der Waals surface area contributed by atoms with Gasteiger partial charge in [-0.05, 0) is 37.6 Å². The van der Waals surface area contributed by atoms with Crippen LogP contribution >= 0.6 is 0 Å². The van der Waals surface area contributed by atoms with Crippen LogP contribution in [0.5, 0.6) is 0 Å². The van der Waals surface area contributed by atoms with Gasteiger partial charge >= 0.3 is 12.1 Å². The molecule has 2 atom stereocenters. The lowest BCUT2D eigenvalue weighted by Gasteiger charge is -2.34. The van der Waals surface area contributed by atoms with Gasteiger partial charge in [-0.25, -0.2) is 4.79 Å². The molecule has 1 N–H and O–H groups in total. The Morgan fingerprint density at radius 3 is 2.39 bits per heavy atom. The first kappa shape index (κ1) is 19.3. The van der Waals surface area contributed by atoms with E-state index in [1.54, 1.807) is 4.90 Å². The summed E-state index contributed by atoms with van der Waals surface area (Å²) in [7, 11) is -1.53. The van der Waals surface area contributed by atoms with E-state index in [1.807, 2.05) is 6.92 Å². The first-order valence-corrected chi connectivity index (χ1v) is 11.5. The van der Waals surface area contributed by atoms with E-state index in [-0.39, 0.29) is 17.7 Å². The Morgan fingerprint density at radius 1 is 1.39 bits per heavy atom. The average Bonchev–Trinajstić information content (AvgIpc) is 2.46. The molecule has 23 heavy (non-hydrogen) atoms. The molecule has 1 fully saturated rings. The summed E-state index contributed by atoms with van der Waals surface area (Å²) in [5, 5.41) is 12.3. The smallest absolute Gasteiger partial charge is 0.409 e. The van der Waals surface area contributed by atoms with Crippen molar-refractivity contribution in [3.05, 3.63) is 10.4 Å². The van der Waals surface area contributed by atoms with E-state index in [1.165, 1.54) is 0 Å². The van der Waals surface area contributed by atoms with Crippen molar-refractivity contribution in [2.75, 3.05) is 13.1 Å². The largest absolute Gasteiger partial charge is 0.481 e. The van der Waals surface area contributed by atoms with Crippen molar-refractivity contribution in [1.82, 2.24) is 4.90 Å². The van der Waals surface area contributed by atoms with Gasteiger partial charge in [0.15, 0.2) is 0 Å². The number of hydrogen-bond acceptors (Lipinski definition) is 4. The van der Waals surface area contributed by atoms with Crippen LogP contribution in [0.1, 0.15) is 26.2 Å². The van der Waals surface area contributed by atoms with Gasteiger partial charge in [0, 0.05) is 18.0 Å². The fraction of sp³-hybridized carbons (Fsp3) is 0.857. The number of aliphatic carboxylic acids is 1. The summed E-state index contributed by atoms with van der Waals surface area (Å²) in [6.45, 7) is 9.49. The number of rotatable bonds is 6. The predicted molar refractivity (Wildman–Crippen MR) is 88.8 cm³/mol. The monoisotopic (exact) mass is 342 g/mol. The van der Waals surface area contributed by atoms with Gasteiger partial charge in [-0.15, -0.1) is 0 Å². The SMILES string of the molecule is C[C@@H](OC(=O)N1CCC(C[C@H](N=[N+]=[N-])C(=O)O)CC1)[Si](C)(C)C. The first-order valence-electron chi connectivity index (χ1n) is 7.87. The zero-order valence-electron chi connectivity index (χ0n) is 14.2. The van der Waals surface area contributed by atoms with Crippen molar-refractivity contribution in [1.29, 1.82) is 0 Å². The van der Waals surface area contributed by atoms with Crippen molar-refractivity contribution in [2.24, 2.45) is 11.0 Å². The number of carbonyl (C=O) groups excluding carboxylic acids is 1. The van der Waals surface area contributed by atoms with E-state index in [2.05, 4.69) is 29.7 Å². The highest BCUT2D eigenvalue weighted by atomic mass is 28.3. The normalized spacial score (nSPS) is 18.7. The van der Waals surface area contributed by atoms with Gasteiger partial charge in [-0.2, -0.15) is 0 Å². The maximum absolute atomic E-state index is 12.2. The van der Waals surface area contributed by atoms with Crippen LogP contribution in [-0.4, -0.2) is 55.0 Å². The Bertz CT molecular complexity index is 478. The number of likely N-dealkylation sites (tertiary alicyclic amines) is 1. The van der Waals surface area contributed by atoms with Crippen LogP contribution in [-0.2, 0) is 9.53 Å². The maximum atomic E-state index is 12.2. The van der Waals surface area contributed by atoms with Gasteiger partial charge < -0.3 is 14.7 Å². The van der Waals surface area contributed by atoms with Gasteiger partial charge in [0.25, 0.3) is 0 Å². The minimum atomic E-state index is -1.53. The quantitative estimate of drug-likeness (QED) is 0.345. The molecule has 130 valence electrons. The van der Waals surface area contributed by atoms with Crippen LogP contribution in [0, 0.1) is 5.92 Å². The van der Waals surface area contributed by atoms with Crippen molar-refractivity contribution >= 4 is 20.1 Å². The second-order valence-corrected chi connectivity index (χ2v) is 12.7. The zero-order chi connectivity index (χ0) is 17.6. The van der Waals surface area contributed by atoms with E-state index >= 15 is 0 Å². The van der Waals surface area contributed by atoms with Gasteiger partial charge in [0.2, 0.25) is 0 Å². The van der Waals surface area contributed by atoms with E-state index in [4.69, 9.17) is 15.4 Å². The number of azide groups is 1. The molecule has 1 saturated heterocycles. The van der Waals surface area contributed by atoms with E-state index in [0.29, 0.717) is 32.4 Å². The Hall–Kier alpha value is -1.73. The Balaban J connectivity index is 2.47. The summed E-state index contributed by atoms with van der Waals surface area (Å²) in [6.07, 6.45) is 1.42. The zero-order valence-corrected chi connectivity index (χ0v) is 15.2. The number of hydrogen-bond donors (Lipinski definition) is 1. The Morgan fingerprint density at radius 2 is 1.96 bits per heavy atom. The predicted octanol–water partition coefficient (Wildman–Crippen LogP) is 3.25. The first-order chi connectivity index (χ1) is 10.6. The molecular formula is C14H26N4O4Si. The van der Waals surface area contributed by atoms with Crippen LogP contribution in [0.15, 0.2) is 5.11 Å². The highest BCUT2D eigenvalue weighted by molar-refractivity contribution is 6.77. The molecule has 0 bridgehead atoms. The Labute approximate surface area is 137 Å². The molecule has 0 saturated carbocycles. The van der Waals surface area contributed by atoms with Crippen LogP contribution in [0.4, 0.5) is 4.79 Å². The summed E-state index contributed by atoms with van der Waals surface area (Å²) >= 11 is 0. The Kier molecular flexibility index (Phi) is 6.90. The molecule has 1 rings (SSSR count).